The van der Waals surface area contributed by atoms with Gasteiger partial charge in [-0.2, -0.15) is 9.40 Å². The molecule has 0 spiro atoms. The number of benzene rings is 1. The lowest BCUT2D eigenvalue weighted by Crippen LogP contribution is -2.44. The van der Waals surface area contributed by atoms with Crippen molar-refractivity contribution in [2.45, 2.75) is 64.4 Å². The van der Waals surface area contributed by atoms with Gasteiger partial charge in [0.15, 0.2) is 0 Å². The van der Waals surface area contributed by atoms with Crippen LogP contribution in [-0.4, -0.2) is 52.9 Å². The molecule has 1 fully saturated rings. The van der Waals surface area contributed by atoms with Gasteiger partial charge in [0.1, 0.15) is 17.3 Å². The molecule has 2 heterocycles. The first kappa shape index (κ1) is 25.8. The van der Waals surface area contributed by atoms with Gasteiger partial charge in [-0.25, -0.2) is 12.8 Å². The molecule has 1 aliphatic heterocycles. The van der Waals surface area contributed by atoms with Gasteiger partial charge in [-0.3, -0.25) is 14.3 Å². The fourth-order valence-corrected chi connectivity index (χ4v) is 5.98. The van der Waals surface area contributed by atoms with Crippen LogP contribution in [0.15, 0.2) is 29.2 Å². The van der Waals surface area contributed by atoms with Crippen molar-refractivity contribution in [3.63, 3.8) is 0 Å². The number of aryl methyl sites for hydroxylation is 1. The molecule has 11 heteroatoms. The summed E-state index contributed by atoms with van der Waals surface area (Å²) in [6.45, 7) is 9.03. The fraction of sp³-hybridized carbons (Fsp3) is 0.522. The zero-order valence-electron chi connectivity index (χ0n) is 20.2. The van der Waals surface area contributed by atoms with E-state index in [1.807, 2.05) is 20.8 Å². The lowest BCUT2D eigenvalue weighted by molar-refractivity contribution is -0.123. The topological polar surface area (TPSA) is 113 Å². The number of rotatable bonds is 6. The molecule has 1 unspecified atom stereocenters. The first-order valence-electron chi connectivity index (χ1n) is 11.2. The Kier molecular flexibility index (Phi) is 7.47. The lowest BCUT2D eigenvalue weighted by atomic mass is 9.99. The van der Waals surface area contributed by atoms with E-state index in [0.717, 1.165) is 0 Å². The maximum Gasteiger partial charge on any atom is 0.246 e. The lowest BCUT2D eigenvalue weighted by Gasteiger charge is -2.31. The smallest absolute Gasteiger partial charge is 0.246 e. The monoisotopic (exact) mass is 493 g/mol. The molecule has 2 N–H and O–H groups in total. The van der Waals surface area contributed by atoms with Crippen LogP contribution in [0.5, 0.6) is 0 Å². The molecule has 2 aromatic rings. The molecule has 9 nitrogen and oxygen atoms in total. The van der Waals surface area contributed by atoms with E-state index in [1.165, 1.54) is 33.3 Å². The zero-order valence-corrected chi connectivity index (χ0v) is 21.0. The fourth-order valence-electron chi connectivity index (χ4n) is 4.08. The summed E-state index contributed by atoms with van der Waals surface area (Å²) in [5, 5.41) is 9.87. The maximum atomic E-state index is 13.5. The van der Waals surface area contributed by atoms with Crippen LogP contribution in [0.3, 0.4) is 0 Å². The van der Waals surface area contributed by atoms with Gasteiger partial charge in [-0.05, 0) is 71.7 Å². The second kappa shape index (κ2) is 9.83. The molecule has 1 aromatic carbocycles. The van der Waals surface area contributed by atoms with Gasteiger partial charge < -0.3 is 10.6 Å². The highest BCUT2D eigenvalue weighted by Gasteiger charge is 2.36. The third-order valence-electron chi connectivity index (χ3n) is 5.59. The molecular formula is C23H32FN5O4S. The van der Waals surface area contributed by atoms with Crippen molar-refractivity contribution >= 4 is 27.5 Å². The number of hydrogen-bond donors (Lipinski definition) is 2. The minimum atomic E-state index is -3.93. The molecule has 0 radical (unpaired) electrons. The number of hydrogen-bond acceptors (Lipinski definition) is 5. The first-order chi connectivity index (χ1) is 15.8. The highest BCUT2D eigenvalue weighted by Crippen LogP contribution is 2.28. The Balaban J connectivity index is 1.76. The number of piperidine rings is 1. The number of carbonyl (C=O) groups is 2. The van der Waals surface area contributed by atoms with E-state index in [4.69, 9.17) is 0 Å². The molecular weight excluding hydrogens is 461 g/mol. The molecule has 1 aliphatic rings. The molecule has 34 heavy (non-hydrogen) atoms. The third kappa shape index (κ3) is 6.01. The molecule has 0 bridgehead atoms. The Morgan fingerprint density at radius 1 is 1.18 bits per heavy atom. The summed E-state index contributed by atoms with van der Waals surface area (Å²) in [5.41, 5.74) is 0.714. The molecule has 0 aliphatic carbocycles. The average Bonchev–Trinajstić information content (AvgIpc) is 3.01. The average molecular weight is 494 g/mol. The van der Waals surface area contributed by atoms with Gasteiger partial charge in [0, 0.05) is 24.3 Å². The zero-order chi connectivity index (χ0) is 25.3. The normalized spacial score (nSPS) is 17.4. The van der Waals surface area contributed by atoms with Gasteiger partial charge in [0.25, 0.3) is 0 Å². The van der Waals surface area contributed by atoms with Crippen LogP contribution in [-0.2, 0) is 26.2 Å². The molecule has 0 saturated carbocycles. The predicted octanol–water partition coefficient (Wildman–Crippen LogP) is 2.59. The number of aromatic nitrogens is 2. The van der Waals surface area contributed by atoms with Crippen molar-refractivity contribution in [2.24, 2.45) is 5.92 Å². The second-order valence-corrected chi connectivity index (χ2v) is 11.5. The first-order valence-corrected chi connectivity index (χ1v) is 12.6. The number of nitrogens with zero attached hydrogens (tertiary/aromatic N) is 3. The second-order valence-electron chi connectivity index (χ2n) is 9.65. The Hall–Kier alpha value is -2.79. The van der Waals surface area contributed by atoms with Gasteiger partial charge in [-0.15, -0.1) is 0 Å². The van der Waals surface area contributed by atoms with Gasteiger partial charge in [0.05, 0.1) is 17.3 Å². The largest absolute Gasteiger partial charge is 0.350 e. The minimum absolute atomic E-state index is 0.0317. The highest BCUT2D eigenvalue weighted by atomic mass is 32.2. The van der Waals surface area contributed by atoms with Gasteiger partial charge in [-0.1, -0.05) is 0 Å². The summed E-state index contributed by atoms with van der Waals surface area (Å²) in [7, 11) is -3.93. The van der Waals surface area contributed by atoms with E-state index in [-0.39, 0.29) is 36.3 Å². The van der Waals surface area contributed by atoms with Crippen LogP contribution in [0.4, 0.5) is 10.1 Å². The number of sulfonamides is 1. The number of carbonyl (C=O) groups excluding carboxylic acids is 2. The van der Waals surface area contributed by atoms with Crippen LogP contribution in [0.2, 0.25) is 0 Å². The van der Waals surface area contributed by atoms with E-state index >= 15 is 0 Å². The van der Waals surface area contributed by atoms with Crippen LogP contribution in [0, 0.1) is 25.6 Å². The molecule has 1 saturated heterocycles. The summed E-state index contributed by atoms with van der Waals surface area (Å²) >= 11 is 0. The van der Waals surface area contributed by atoms with Crippen molar-refractivity contribution in [2.75, 3.05) is 18.4 Å². The summed E-state index contributed by atoms with van der Waals surface area (Å²) < 4.78 is 42.9. The SMILES string of the molecule is Cc1nn(CC(=O)NC(C)(C)C)c(C)c1S(=O)(=O)N1CCCC(C(=O)Nc2ccc(F)cc2)C1. The van der Waals surface area contributed by atoms with E-state index in [2.05, 4.69) is 15.7 Å². The Morgan fingerprint density at radius 3 is 2.44 bits per heavy atom. The number of nitrogens with one attached hydrogen (secondary N) is 2. The van der Waals surface area contributed by atoms with E-state index in [1.54, 1.807) is 13.8 Å². The van der Waals surface area contributed by atoms with Gasteiger partial charge in [0.2, 0.25) is 21.8 Å². The third-order valence-corrected chi connectivity index (χ3v) is 7.71. The van der Waals surface area contributed by atoms with Crippen molar-refractivity contribution < 1.29 is 22.4 Å². The Labute approximate surface area is 199 Å². The van der Waals surface area contributed by atoms with Crippen LogP contribution >= 0.6 is 0 Å². The number of halogens is 1. The van der Waals surface area contributed by atoms with Crippen LogP contribution < -0.4 is 10.6 Å². The van der Waals surface area contributed by atoms with Crippen molar-refractivity contribution in [1.82, 2.24) is 19.4 Å². The van der Waals surface area contributed by atoms with Crippen molar-refractivity contribution in [1.29, 1.82) is 0 Å². The Morgan fingerprint density at radius 2 is 1.82 bits per heavy atom. The molecule has 1 atom stereocenters. The van der Waals surface area contributed by atoms with E-state index in [0.29, 0.717) is 29.9 Å². The molecule has 1 aromatic heterocycles. The maximum absolute atomic E-state index is 13.5. The molecule has 2 amide bonds. The van der Waals surface area contributed by atoms with E-state index < -0.39 is 27.3 Å². The van der Waals surface area contributed by atoms with E-state index in [9.17, 15) is 22.4 Å². The van der Waals surface area contributed by atoms with Crippen LogP contribution in [0.25, 0.3) is 0 Å². The quantitative estimate of drug-likeness (QED) is 0.642. The number of amides is 2. The highest BCUT2D eigenvalue weighted by molar-refractivity contribution is 7.89. The number of anilines is 1. The predicted molar refractivity (Wildman–Crippen MR) is 126 cm³/mol. The standard InChI is InChI=1S/C23H32FN5O4S/c1-15-21(16(2)29(27-15)14-20(30)26-23(3,4)5)34(32,33)28-12-6-7-17(13-28)22(31)25-19-10-8-18(24)9-11-19/h8-11,17H,6-7,12-14H2,1-5H3,(H,25,31)(H,26,30). The summed E-state index contributed by atoms with van der Waals surface area (Å²) in [6.07, 6.45) is 1.07. The van der Waals surface area contributed by atoms with Crippen molar-refractivity contribution in [3.8, 4) is 0 Å². The van der Waals surface area contributed by atoms with Crippen molar-refractivity contribution in [3.05, 3.63) is 41.5 Å². The van der Waals surface area contributed by atoms with Gasteiger partial charge >= 0.3 is 0 Å². The summed E-state index contributed by atoms with van der Waals surface area (Å²) in [5.74, 6) is -1.52. The summed E-state index contributed by atoms with van der Waals surface area (Å²) in [4.78, 5) is 25.2. The summed E-state index contributed by atoms with van der Waals surface area (Å²) in [6, 6.07) is 5.42. The van der Waals surface area contributed by atoms with Crippen LogP contribution in [0.1, 0.15) is 45.0 Å². The minimum Gasteiger partial charge on any atom is -0.350 e. The molecule has 3 rings (SSSR count). The molecule has 186 valence electrons. The Bertz CT molecular complexity index is 1170.